The number of carbonyl (C=O) groups excluding carboxylic acids is 1. The van der Waals surface area contributed by atoms with Crippen LogP contribution in [0.25, 0.3) is 0 Å². The number of anilines is 1. The highest BCUT2D eigenvalue weighted by Crippen LogP contribution is 2.10. The normalized spacial score (nSPS) is 10.6. The van der Waals surface area contributed by atoms with Crippen molar-refractivity contribution < 1.29 is 19.8 Å². The van der Waals surface area contributed by atoms with Gasteiger partial charge in [-0.15, -0.1) is 11.3 Å². The van der Waals surface area contributed by atoms with Crippen LogP contribution in [0.2, 0.25) is 0 Å². The standard InChI is InChI=1S/C11H17N3O4S/c15-6-1-4-14(5-2-10(17)18)8-9(16)13-11-12-3-7-19-11/h3,7,15H,1-2,4-6,8H2,(H,17,18)(H,12,13,16). The number of hydrogen-bond donors (Lipinski definition) is 3. The maximum atomic E-state index is 11.7. The van der Waals surface area contributed by atoms with Gasteiger partial charge in [-0.25, -0.2) is 4.98 Å². The Morgan fingerprint density at radius 1 is 1.42 bits per heavy atom. The van der Waals surface area contributed by atoms with Crippen LogP contribution < -0.4 is 5.32 Å². The first-order valence-corrected chi connectivity index (χ1v) is 6.74. The number of aliphatic hydroxyl groups excluding tert-OH is 1. The summed E-state index contributed by atoms with van der Waals surface area (Å²) in [4.78, 5) is 27.9. The summed E-state index contributed by atoms with van der Waals surface area (Å²) in [6.45, 7) is 0.861. The van der Waals surface area contributed by atoms with E-state index in [0.717, 1.165) is 0 Å². The largest absolute Gasteiger partial charge is 0.481 e. The number of carbonyl (C=O) groups is 2. The summed E-state index contributed by atoms with van der Waals surface area (Å²) >= 11 is 1.32. The molecule has 0 fully saturated rings. The Labute approximate surface area is 114 Å². The zero-order chi connectivity index (χ0) is 14.1. The molecular formula is C11H17N3O4S. The Bertz CT molecular complexity index is 397. The van der Waals surface area contributed by atoms with Gasteiger partial charge >= 0.3 is 5.97 Å². The molecule has 0 unspecified atom stereocenters. The zero-order valence-corrected chi connectivity index (χ0v) is 11.2. The molecule has 3 N–H and O–H groups in total. The van der Waals surface area contributed by atoms with Gasteiger partial charge in [0, 0.05) is 31.3 Å². The minimum atomic E-state index is -0.908. The third kappa shape index (κ3) is 6.85. The van der Waals surface area contributed by atoms with Crippen molar-refractivity contribution in [2.75, 3.05) is 31.6 Å². The molecule has 0 saturated carbocycles. The number of rotatable bonds is 9. The van der Waals surface area contributed by atoms with Crippen LogP contribution in [0.15, 0.2) is 11.6 Å². The van der Waals surface area contributed by atoms with Gasteiger partial charge in [-0.3, -0.25) is 14.5 Å². The highest BCUT2D eigenvalue weighted by molar-refractivity contribution is 7.13. The SMILES string of the molecule is O=C(O)CCN(CCCO)CC(=O)Nc1nccs1. The Hall–Kier alpha value is -1.51. The second-order valence-corrected chi connectivity index (χ2v) is 4.78. The van der Waals surface area contributed by atoms with Gasteiger partial charge in [-0.2, -0.15) is 0 Å². The molecule has 0 aromatic carbocycles. The predicted molar refractivity (Wildman–Crippen MR) is 71.1 cm³/mol. The molecular weight excluding hydrogens is 270 g/mol. The quantitative estimate of drug-likeness (QED) is 0.601. The van der Waals surface area contributed by atoms with Gasteiger partial charge in [0.25, 0.3) is 0 Å². The van der Waals surface area contributed by atoms with Gasteiger partial charge in [-0.05, 0) is 6.42 Å². The highest BCUT2D eigenvalue weighted by atomic mass is 32.1. The molecule has 0 aliphatic carbocycles. The van der Waals surface area contributed by atoms with Crippen LogP contribution in [0.4, 0.5) is 5.13 Å². The van der Waals surface area contributed by atoms with Gasteiger partial charge in [0.2, 0.25) is 5.91 Å². The van der Waals surface area contributed by atoms with E-state index >= 15 is 0 Å². The molecule has 0 aliphatic heterocycles. The summed E-state index contributed by atoms with van der Waals surface area (Å²) in [5, 5.41) is 22.3. The smallest absolute Gasteiger partial charge is 0.304 e. The summed E-state index contributed by atoms with van der Waals surface area (Å²) in [6, 6.07) is 0. The van der Waals surface area contributed by atoms with Crippen molar-refractivity contribution in [2.24, 2.45) is 0 Å². The van der Waals surface area contributed by atoms with E-state index in [0.29, 0.717) is 18.1 Å². The van der Waals surface area contributed by atoms with Crippen molar-refractivity contribution >= 4 is 28.3 Å². The van der Waals surface area contributed by atoms with Crippen molar-refractivity contribution in [3.63, 3.8) is 0 Å². The van der Waals surface area contributed by atoms with Gasteiger partial charge < -0.3 is 15.5 Å². The second-order valence-electron chi connectivity index (χ2n) is 3.88. The topological polar surface area (TPSA) is 103 Å². The Balaban J connectivity index is 2.40. The average molecular weight is 287 g/mol. The number of nitrogens with one attached hydrogen (secondary N) is 1. The number of hydrogen-bond acceptors (Lipinski definition) is 6. The third-order valence-electron chi connectivity index (χ3n) is 2.32. The summed E-state index contributed by atoms with van der Waals surface area (Å²) in [7, 11) is 0. The number of aromatic nitrogens is 1. The summed E-state index contributed by atoms with van der Waals surface area (Å²) in [5.41, 5.74) is 0. The van der Waals surface area contributed by atoms with E-state index in [4.69, 9.17) is 10.2 Å². The van der Waals surface area contributed by atoms with Crippen molar-refractivity contribution in [3.05, 3.63) is 11.6 Å². The monoisotopic (exact) mass is 287 g/mol. The minimum Gasteiger partial charge on any atom is -0.481 e. The molecule has 8 heteroatoms. The Morgan fingerprint density at radius 3 is 2.79 bits per heavy atom. The molecule has 1 aromatic heterocycles. The summed E-state index contributed by atoms with van der Waals surface area (Å²) < 4.78 is 0. The molecule has 19 heavy (non-hydrogen) atoms. The number of carboxylic acids is 1. The lowest BCUT2D eigenvalue weighted by molar-refractivity contribution is -0.137. The maximum Gasteiger partial charge on any atom is 0.304 e. The minimum absolute atomic E-state index is 0.0116. The van der Waals surface area contributed by atoms with E-state index in [9.17, 15) is 9.59 Å². The van der Waals surface area contributed by atoms with Crippen molar-refractivity contribution in [1.82, 2.24) is 9.88 Å². The first kappa shape index (κ1) is 15.5. The molecule has 0 atom stereocenters. The van der Waals surface area contributed by atoms with Gasteiger partial charge in [0.05, 0.1) is 13.0 Å². The van der Waals surface area contributed by atoms with Crippen LogP contribution in [0.3, 0.4) is 0 Å². The molecule has 0 radical (unpaired) electrons. The van der Waals surface area contributed by atoms with Gasteiger partial charge in [-0.1, -0.05) is 0 Å². The molecule has 1 rings (SSSR count). The van der Waals surface area contributed by atoms with E-state index in [2.05, 4.69) is 10.3 Å². The lowest BCUT2D eigenvalue weighted by Crippen LogP contribution is -2.35. The molecule has 0 aliphatic rings. The first-order valence-electron chi connectivity index (χ1n) is 5.86. The predicted octanol–water partition coefficient (Wildman–Crippen LogP) is 0.241. The van der Waals surface area contributed by atoms with E-state index in [1.54, 1.807) is 16.5 Å². The fraction of sp³-hybridized carbons (Fsp3) is 0.545. The Morgan fingerprint density at radius 2 is 2.21 bits per heavy atom. The van der Waals surface area contributed by atoms with E-state index in [1.807, 2.05) is 0 Å². The molecule has 0 spiro atoms. The molecule has 0 bridgehead atoms. The lowest BCUT2D eigenvalue weighted by Gasteiger charge is -2.20. The van der Waals surface area contributed by atoms with E-state index in [1.165, 1.54) is 11.3 Å². The number of aliphatic carboxylic acids is 1. The first-order chi connectivity index (χ1) is 9.11. The van der Waals surface area contributed by atoms with Gasteiger partial charge in [0.15, 0.2) is 5.13 Å². The number of thiazole rings is 1. The van der Waals surface area contributed by atoms with E-state index in [-0.39, 0.29) is 32.0 Å². The fourth-order valence-electron chi connectivity index (χ4n) is 1.47. The van der Waals surface area contributed by atoms with Crippen LogP contribution in [-0.4, -0.2) is 58.2 Å². The molecule has 1 heterocycles. The molecule has 106 valence electrons. The lowest BCUT2D eigenvalue weighted by atomic mass is 10.3. The molecule has 1 amide bonds. The zero-order valence-electron chi connectivity index (χ0n) is 10.4. The summed E-state index contributed by atoms with van der Waals surface area (Å²) in [6.07, 6.45) is 2.06. The van der Waals surface area contributed by atoms with Crippen molar-refractivity contribution in [1.29, 1.82) is 0 Å². The van der Waals surface area contributed by atoms with Crippen LogP contribution >= 0.6 is 11.3 Å². The van der Waals surface area contributed by atoms with Gasteiger partial charge in [0.1, 0.15) is 0 Å². The molecule has 7 nitrogen and oxygen atoms in total. The van der Waals surface area contributed by atoms with Crippen LogP contribution in [-0.2, 0) is 9.59 Å². The molecule has 1 aromatic rings. The average Bonchev–Trinajstić information content (AvgIpc) is 2.85. The van der Waals surface area contributed by atoms with Crippen LogP contribution in [0.5, 0.6) is 0 Å². The summed E-state index contributed by atoms with van der Waals surface area (Å²) in [5.74, 6) is -1.15. The fourth-order valence-corrected chi connectivity index (χ4v) is 2.01. The number of aliphatic hydroxyl groups is 1. The number of carboxylic acid groups (broad SMARTS) is 1. The van der Waals surface area contributed by atoms with Crippen LogP contribution in [0.1, 0.15) is 12.8 Å². The van der Waals surface area contributed by atoms with Crippen molar-refractivity contribution in [3.8, 4) is 0 Å². The number of amides is 1. The Kier molecular flexibility index (Phi) is 7.01. The van der Waals surface area contributed by atoms with Crippen molar-refractivity contribution in [2.45, 2.75) is 12.8 Å². The second kappa shape index (κ2) is 8.57. The maximum absolute atomic E-state index is 11.7. The van der Waals surface area contributed by atoms with Crippen LogP contribution in [0, 0.1) is 0 Å². The third-order valence-corrected chi connectivity index (χ3v) is 3.01. The highest BCUT2D eigenvalue weighted by Gasteiger charge is 2.12. The molecule has 0 saturated heterocycles. The number of nitrogens with zero attached hydrogens (tertiary/aromatic N) is 2. The van der Waals surface area contributed by atoms with E-state index < -0.39 is 5.97 Å².